The molecule has 1 aromatic heterocycles. The molecule has 3 N–H and O–H groups in total. The fourth-order valence-electron chi connectivity index (χ4n) is 2.83. The molecule has 3 rings (SSSR count). The van der Waals surface area contributed by atoms with Crippen LogP contribution in [0.15, 0.2) is 53.1 Å². The third kappa shape index (κ3) is 2.86. The zero-order valence-electron chi connectivity index (χ0n) is 12.6. The van der Waals surface area contributed by atoms with Gasteiger partial charge in [-0.3, -0.25) is 4.79 Å². The highest BCUT2D eigenvalue weighted by molar-refractivity contribution is 6.00. The first kappa shape index (κ1) is 17.0. The Morgan fingerprint density at radius 2 is 1.84 bits per heavy atom. The molecule has 6 nitrogen and oxygen atoms in total. The molecule has 0 saturated carbocycles. The van der Waals surface area contributed by atoms with Gasteiger partial charge >= 0.3 is 12.2 Å². The van der Waals surface area contributed by atoms with E-state index in [1.165, 1.54) is 48.0 Å². The molecule has 2 amide bonds. The molecule has 0 bridgehead atoms. The van der Waals surface area contributed by atoms with Crippen molar-refractivity contribution in [3.63, 3.8) is 0 Å². The lowest BCUT2D eigenvalue weighted by atomic mass is 9.79. The number of aliphatic hydroxyl groups is 1. The highest BCUT2D eigenvalue weighted by Crippen LogP contribution is 2.43. The summed E-state index contributed by atoms with van der Waals surface area (Å²) in [6.07, 6.45) is -4.09. The molecule has 1 aromatic carbocycles. The molecule has 1 aliphatic rings. The number of nitrogens with one attached hydrogen (secondary N) is 2. The monoisotopic (exact) mass is 354 g/mol. The van der Waals surface area contributed by atoms with Crippen molar-refractivity contribution in [3.05, 3.63) is 60.1 Å². The number of halogens is 3. The van der Waals surface area contributed by atoms with Crippen LogP contribution in [0.2, 0.25) is 0 Å². The number of furan rings is 1. The van der Waals surface area contributed by atoms with Crippen LogP contribution in [0.1, 0.15) is 22.2 Å². The third-order valence-electron chi connectivity index (χ3n) is 4.00. The van der Waals surface area contributed by atoms with Gasteiger partial charge in [-0.1, -0.05) is 30.3 Å². The molecule has 9 heteroatoms. The molecular formula is C16H13F3N2O4. The van der Waals surface area contributed by atoms with E-state index in [9.17, 15) is 27.9 Å². The van der Waals surface area contributed by atoms with E-state index < -0.39 is 35.7 Å². The van der Waals surface area contributed by atoms with Crippen molar-refractivity contribution in [2.75, 3.05) is 0 Å². The van der Waals surface area contributed by atoms with E-state index in [2.05, 4.69) is 5.32 Å². The van der Waals surface area contributed by atoms with Crippen LogP contribution in [0.25, 0.3) is 0 Å². The number of alkyl halides is 3. The van der Waals surface area contributed by atoms with Crippen LogP contribution in [0.5, 0.6) is 0 Å². The van der Waals surface area contributed by atoms with Crippen molar-refractivity contribution in [1.82, 2.24) is 10.6 Å². The number of amides is 2. The normalized spacial score (nSPS) is 26.6. The van der Waals surface area contributed by atoms with E-state index in [1.54, 1.807) is 6.07 Å². The predicted octanol–water partition coefficient (Wildman–Crippen LogP) is 2.38. The number of hydrogen-bond donors (Lipinski definition) is 3. The van der Waals surface area contributed by atoms with Crippen LogP contribution in [0, 0.1) is 5.92 Å². The zero-order chi connectivity index (χ0) is 18.2. The van der Waals surface area contributed by atoms with E-state index in [-0.39, 0.29) is 11.3 Å². The minimum Gasteiger partial charge on any atom is -0.467 e. The maximum atomic E-state index is 13.6. The molecule has 2 aromatic rings. The molecule has 1 fully saturated rings. The molecular weight excluding hydrogens is 341 g/mol. The van der Waals surface area contributed by atoms with Crippen LogP contribution in [0.4, 0.5) is 18.0 Å². The van der Waals surface area contributed by atoms with Gasteiger partial charge in [0, 0.05) is 5.56 Å². The first-order valence-corrected chi connectivity index (χ1v) is 7.24. The van der Waals surface area contributed by atoms with Gasteiger partial charge in [-0.2, -0.15) is 13.2 Å². The summed E-state index contributed by atoms with van der Waals surface area (Å²) in [6.45, 7) is 0. The molecule has 0 unspecified atom stereocenters. The zero-order valence-corrected chi connectivity index (χ0v) is 12.6. The lowest BCUT2D eigenvalue weighted by Gasteiger charge is -2.44. The van der Waals surface area contributed by atoms with Crippen molar-refractivity contribution < 1.29 is 32.3 Å². The molecule has 1 aliphatic heterocycles. The lowest BCUT2D eigenvalue weighted by Crippen LogP contribution is -2.72. The fraction of sp³-hybridized carbons (Fsp3) is 0.250. The number of carbonyl (C=O) groups is 2. The average molecular weight is 354 g/mol. The van der Waals surface area contributed by atoms with Crippen molar-refractivity contribution in [2.45, 2.75) is 17.9 Å². The average Bonchev–Trinajstić information content (AvgIpc) is 3.08. The molecule has 3 atom stereocenters. The first-order valence-electron chi connectivity index (χ1n) is 7.24. The van der Waals surface area contributed by atoms with E-state index in [0.717, 1.165) is 0 Å². The summed E-state index contributed by atoms with van der Waals surface area (Å²) in [5.74, 6) is -3.15. The molecule has 0 radical (unpaired) electrons. The molecule has 0 aliphatic carbocycles. The Kier molecular flexibility index (Phi) is 4.03. The van der Waals surface area contributed by atoms with Crippen LogP contribution in [0.3, 0.4) is 0 Å². The van der Waals surface area contributed by atoms with Gasteiger partial charge in [0.15, 0.2) is 5.78 Å². The van der Waals surface area contributed by atoms with Gasteiger partial charge in [-0.15, -0.1) is 0 Å². The van der Waals surface area contributed by atoms with Gasteiger partial charge in [-0.25, -0.2) is 4.79 Å². The largest absolute Gasteiger partial charge is 0.467 e. The van der Waals surface area contributed by atoms with Crippen LogP contribution >= 0.6 is 0 Å². The number of Topliss-reactive ketones (excluding diaryl/α,β-unsaturated/α-hetero) is 1. The second kappa shape index (κ2) is 5.92. The number of urea groups is 1. The highest BCUT2D eigenvalue weighted by Gasteiger charge is 2.66. The number of carbonyl (C=O) groups excluding carboxylic acids is 2. The van der Waals surface area contributed by atoms with E-state index in [1.807, 2.05) is 0 Å². The number of benzene rings is 1. The van der Waals surface area contributed by atoms with Crippen LogP contribution < -0.4 is 10.6 Å². The summed E-state index contributed by atoms with van der Waals surface area (Å²) in [5.41, 5.74) is -3.79. The van der Waals surface area contributed by atoms with Crippen molar-refractivity contribution in [1.29, 1.82) is 0 Å². The first-order chi connectivity index (χ1) is 11.7. The van der Waals surface area contributed by atoms with Crippen molar-refractivity contribution in [3.8, 4) is 0 Å². The summed E-state index contributed by atoms with van der Waals surface area (Å²) >= 11 is 0. The summed E-state index contributed by atoms with van der Waals surface area (Å²) in [6, 6.07) is 7.17. The standard InChI is InChI=1S/C16H13F3N2O4/c17-16(18,19)15(24)11(13(22)9-5-2-1-3-6-9)12(20-14(23)21-15)10-7-4-8-25-10/h1-8,11-12,24H,(H2,20,21,23)/t11-,12+,15+/m1/s1. The summed E-state index contributed by atoms with van der Waals surface area (Å²) in [4.78, 5) is 24.5. The Balaban J connectivity index is 2.14. The molecule has 25 heavy (non-hydrogen) atoms. The van der Waals surface area contributed by atoms with Crippen LogP contribution in [-0.2, 0) is 0 Å². The quantitative estimate of drug-likeness (QED) is 0.738. The van der Waals surface area contributed by atoms with Crippen molar-refractivity contribution >= 4 is 11.8 Å². The summed E-state index contributed by atoms with van der Waals surface area (Å²) in [7, 11) is 0. The van der Waals surface area contributed by atoms with Gasteiger partial charge in [0.05, 0.1) is 6.26 Å². The Morgan fingerprint density at radius 3 is 2.40 bits per heavy atom. The fourth-order valence-corrected chi connectivity index (χ4v) is 2.83. The smallest absolute Gasteiger partial charge is 0.437 e. The van der Waals surface area contributed by atoms with Gasteiger partial charge in [0.25, 0.3) is 0 Å². The molecule has 132 valence electrons. The summed E-state index contributed by atoms with van der Waals surface area (Å²) < 4.78 is 45.8. The second-order valence-electron chi connectivity index (χ2n) is 5.56. The van der Waals surface area contributed by atoms with E-state index in [0.29, 0.717) is 0 Å². The van der Waals surface area contributed by atoms with E-state index >= 15 is 0 Å². The number of hydrogen-bond acceptors (Lipinski definition) is 4. The second-order valence-corrected chi connectivity index (χ2v) is 5.56. The van der Waals surface area contributed by atoms with Gasteiger partial charge < -0.3 is 20.2 Å². The maximum Gasteiger partial charge on any atom is 0.437 e. The highest BCUT2D eigenvalue weighted by atomic mass is 19.4. The Labute approximate surface area is 139 Å². The predicted molar refractivity (Wildman–Crippen MR) is 78.4 cm³/mol. The summed E-state index contributed by atoms with van der Waals surface area (Å²) in [5, 5.41) is 13.9. The van der Waals surface area contributed by atoms with Gasteiger partial charge in [0.2, 0.25) is 5.72 Å². The minimum absolute atomic E-state index is 0.0373. The van der Waals surface area contributed by atoms with Gasteiger partial charge in [-0.05, 0) is 12.1 Å². The SMILES string of the molecule is O=C1N[C@@H](c2ccco2)[C@H](C(=O)c2ccccc2)[C@](O)(C(F)(F)F)N1. The molecule has 1 saturated heterocycles. The van der Waals surface area contributed by atoms with Gasteiger partial charge in [0.1, 0.15) is 17.7 Å². The lowest BCUT2D eigenvalue weighted by molar-refractivity contribution is -0.288. The topological polar surface area (TPSA) is 91.6 Å². The maximum absolute atomic E-state index is 13.6. The minimum atomic E-state index is -5.29. The Morgan fingerprint density at radius 1 is 1.16 bits per heavy atom. The Hall–Kier alpha value is -2.81. The van der Waals surface area contributed by atoms with E-state index in [4.69, 9.17) is 4.42 Å². The number of rotatable bonds is 3. The number of ketones is 1. The third-order valence-corrected chi connectivity index (χ3v) is 4.00. The molecule has 0 spiro atoms. The van der Waals surface area contributed by atoms with Crippen LogP contribution in [-0.4, -0.2) is 28.8 Å². The van der Waals surface area contributed by atoms with Crippen molar-refractivity contribution in [2.24, 2.45) is 5.92 Å². The molecule has 2 heterocycles. The Bertz CT molecular complexity index is 776.